The van der Waals surface area contributed by atoms with Gasteiger partial charge in [-0.05, 0) is 52.9 Å². The van der Waals surface area contributed by atoms with Crippen molar-refractivity contribution in [2.24, 2.45) is 0 Å². The van der Waals surface area contributed by atoms with Gasteiger partial charge in [0.1, 0.15) is 6.04 Å². The highest BCUT2D eigenvalue weighted by Gasteiger charge is 2.32. The van der Waals surface area contributed by atoms with Crippen LogP contribution < -0.4 is 10.9 Å². The summed E-state index contributed by atoms with van der Waals surface area (Å²) in [6.07, 6.45) is 0.692. The Hall–Kier alpha value is -3.31. The third-order valence-corrected chi connectivity index (χ3v) is 7.11. The SMILES string of the molecule is Cc1c(Cc2cccc3ccccc23)cc(=O)n2c1SC[C@H]2C(=O)Nc1ccccc1. The average molecular weight is 427 g/mol. The quantitative estimate of drug-likeness (QED) is 0.489. The molecule has 154 valence electrons. The minimum atomic E-state index is -0.502. The van der Waals surface area contributed by atoms with Gasteiger partial charge in [-0.2, -0.15) is 0 Å². The van der Waals surface area contributed by atoms with E-state index in [2.05, 4.69) is 42.6 Å². The summed E-state index contributed by atoms with van der Waals surface area (Å²) in [6.45, 7) is 2.05. The molecule has 0 radical (unpaired) electrons. The van der Waals surface area contributed by atoms with Crippen LogP contribution >= 0.6 is 11.8 Å². The molecular weight excluding hydrogens is 404 g/mol. The fourth-order valence-corrected chi connectivity index (χ4v) is 5.55. The van der Waals surface area contributed by atoms with Gasteiger partial charge in [-0.25, -0.2) is 0 Å². The lowest BCUT2D eigenvalue weighted by Crippen LogP contribution is -2.32. The van der Waals surface area contributed by atoms with Crippen LogP contribution in [0.15, 0.2) is 88.7 Å². The van der Waals surface area contributed by atoms with E-state index in [9.17, 15) is 9.59 Å². The standard InChI is InChI=1S/C26H22N2O2S/c1-17-20(14-19-10-7-9-18-8-5-6-13-22(18)19)15-24(29)28-23(16-31-26(17)28)25(30)27-21-11-3-2-4-12-21/h2-13,15,23H,14,16H2,1H3,(H,27,30)/t23-/m0/s1. The van der Waals surface area contributed by atoms with Gasteiger partial charge in [0.15, 0.2) is 0 Å². The Labute approximate surface area is 184 Å². The first-order chi connectivity index (χ1) is 15.1. The summed E-state index contributed by atoms with van der Waals surface area (Å²) in [7, 11) is 0. The molecule has 0 saturated carbocycles. The van der Waals surface area contributed by atoms with Gasteiger partial charge >= 0.3 is 0 Å². The molecule has 31 heavy (non-hydrogen) atoms. The van der Waals surface area contributed by atoms with E-state index in [0.717, 1.165) is 21.8 Å². The summed E-state index contributed by atoms with van der Waals surface area (Å²) < 4.78 is 1.66. The Morgan fingerprint density at radius 2 is 1.74 bits per heavy atom. The lowest BCUT2D eigenvalue weighted by Gasteiger charge is -2.17. The predicted molar refractivity (Wildman–Crippen MR) is 127 cm³/mol. The predicted octanol–water partition coefficient (Wildman–Crippen LogP) is 5.19. The zero-order valence-electron chi connectivity index (χ0n) is 17.2. The van der Waals surface area contributed by atoms with E-state index in [1.807, 2.05) is 42.5 Å². The van der Waals surface area contributed by atoms with Crippen LogP contribution in [0.4, 0.5) is 5.69 Å². The lowest BCUT2D eigenvalue weighted by molar-refractivity contribution is -0.118. The summed E-state index contributed by atoms with van der Waals surface area (Å²) in [4.78, 5) is 26.0. The number of thioether (sulfide) groups is 1. The molecule has 5 heteroatoms. The normalized spacial score (nSPS) is 15.1. The summed E-state index contributed by atoms with van der Waals surface area (Å²) >= 11 is 1.59. The van der Waals surface area contributed by atoms with Gasteiger partial charge in [-0.3, -0.25) is 14.2 Å². The maximum atomic E-state index is 13.1. The van der Waals surface area contributed by atoms with Crippen LogP contribution in [-0.4, -0.2) is 16.2 Å². The largest absolute Gasteiger partial charge is 0.324 e. The number of nitrogens with one attached hydrogen (secondary N) is 1. The third-order valence-electron chi connectivity index (χ3n) is 5.85. The molecule has 0 fully saturated rings. The van der Waals surface area contributed by atoms with Crippen LogP contribution in [0.3, 0.4) is 0 Å². The van der Waals surface area contributed by atoms with Gasteiger partial charge in [0, 0.05) is 17.5 Å². The number of benzene rings is 3. The summed E-state index contributed by atoms with van der Waals surface area (Å²) in [6, 6.07) is 25.2. The van der Waals surface area contributed by atoms with Gasteiger partial charge in [-0.1, -0.05) is 60.7 Å². The zero-order chi connectivity index (χ0) is 21.4. The second-order valence-corrected chi connectivity index (χ2v) is 8.81. The fraction of sp³-hybridized carbons (Fsp3) is 0.154. The molecule has 1 aliphatic heterocycles. The third kappa shape index (κ3) is 3.66. The molecule has 4 nitrogen and oxygen atoms in total. The molecule has 2 heterocycles. The molecule has 0 aliphatic carbocycles. The Kier molecular flexibility index (Phi) is 5.12. The Morgan fingerprint density at radius 3 is 2.58 bits per heavy atom. The van der Waals surface area contributed by atoms with Crippen LogP contribution in [0.5, 0.6) is 0 Å². The fourth-order valence-electron chi connectivity index (χ4n) is 4.23. The summed E-state index contributed by atoms with van der Waals surface area (Å²) in [5, 5.41) is 6.24. The number of carbonyl (C=O) groups excluding carboxylic acids is 1. The van der Waals surface area contributed by atoms with Gasteiger partial charge in [0.25, 0.3) is 5.56 Å². The van der Waals surface area contributed by atoms with Gasteiger partial charge in [0.05, 0.1) is 5.03 Å². The molecule has 1 N–H and O–H groups in total. The molecule has 0 spiro atoms. The Balaban J connectivity index is 1.48. The van der Waals surface area contributed by atoms with E-state index in [-0.39, 0.29) is 11.5 Å². The molecule has 4 aromatic rings. The molecule has 1 amide bonds. The number of hydrogen-bond acceptors (Lipinski definition) is 3. The lowest BCUT2D eigenvalue weighted by atomic mass is 9.97. The van der Waals surface area contributed by atoms with E-state index >= 15 is 0 Å². The number of carbonyl (C=O) groups is 1. The Morgan fingerprint density at radius 1 is 1.00 bits per heavy atom. The number of hydrogen-bond donors (Lipinski definition) is 1. The molecule has 3 aromatic carbocycles. The second-order valence-electron chi connectivity index (χ2n) is 7.81. The monoisotopic (exact) mass is 426 g/mol. The number of fused-ring (bicyclic) bond motifs is 2. The maximum Gasteiger partial charge on any atom is 0.252 e. The van der Waals surface area contributed by atoms with Crippen molar-refractivity contribution in [1.29, 1.82) is 0 Å². The van der Waals surface area contributed by atoms with Gasteiger partial charge in [-0.15, -0.1) is 11.8 Å². The van der Waals surface area contributed by atoms with E-state index in [1.165, 1.54) is 16.3 Å². The summed E-state index contributed by atoms with van der Waals surface area (Å²) in [5.41, 5.74) is 3.92. The minimum Gasteiger partial charge on any atom is -0.324 e. The highest BCUT2D eigenvalue weighted by atomic mass is 32.2. The number of nitrogens with zero attached hydrogens (tertiary/aromatic N) is 1. The molecule has 1 aliphatic rings. The average Bonchev–Trinajstić information content (AvgIpc) is 3.25. The topological polar surface area (TPSA) is 51.1 Å². The number of aromatic nitrogens is 1. The number of anilines is 1. The zero-order valence-corrected chi connectivity index (χ0v) is 18.0. The van der Waals surface area contributed by atoms with Crippen molar-refractivity contribution in [3.63, 3.8) is 0 Å². The van der Waals surface area contributed by atoms with Crippen LogP contribution in [0.25, 0.3) is 10.8 Å². The van der Waals surface area contributed by atoms with Crippen LogP contribution in [0.1, 0.15) is 22.7 Å². The first-order valence-corrected chi connectivity index (χ1v) is 11.3. The van der Waals surface area contributed by atoms with Crippen molar-refractivity contribution in [1.82, 2.24) is 4.57 Å². The first-order valence-electron chi connectivity index (χ1n) is 10.3. The van der Waals surface area contributed by atoms with Gasteiger partial charge in [0.2, 0.25) is 5.91 Å². The van der Waals surface area contributed by atoms with Crippen molar-refractivity contribution < 1.29 is 4.79 Å². The molecule has 0 unspecified atom stereocenters. The van der Waals surface area contributed by atoms with Crippen molar-refractivity contribution in [3.05, 3.63) is 106 Å². The molecular formula is C26H22N2O2S. The molecule has 5 rings (SSSR count). The van der Waals surface area contributed by atoms with Gasteiger partial charge < -0.3 is 5.32 Å². The number of pyridine rings is 1. The highest BCUT2D eigenvalue weighted by Crippen LogP contribution is 2.36. The second kappa shape index (κ2) is 8.08. The first kappa shape index (κ1) is 19.6. The van der Waals surface area contributed by atoms with Crippen LogP contribution in [-0.2, 0) is 11.2 Å². The highest BCUT2D eigenvalue weighted by molar-refractivity contribution is 7.99. The molecule has 0 bridgehead atoms. The summed E-state index contributed by atoms with van der Waals surface area (Å²) in [5.74, 6) is 0.410. The van der Waals surface area contributed by atoms with Crippen molar-refractivity contribution in [2.45, 2.75) is 24.4 Å². The number of para-hydroxylation sites is 1. The maximum absolute atomic E-state index is 13.1. The van der Waals surface area contributed by atoms with Crippen molar-refractivity contribution in [3.8, 4) is 0 Å². The van der Waals surface area contributed by atoms with Crippen molar-refractivity contribution >= 4 is 34.1 Å². The van der Waals surface area contributed by atoms with Crippen LogP contribution in [0, 0.1) is 6.92 Å². The van der Waals surface area contributed by atoms with E-state index < -0.39 is 6.04 Å². The van der Waals surface area contributed by atoms with E-state index in [1.54, 1.807) is 22.4 Å². The Bertz CT molecular complexity index is 1340. The van der Waals surface area contributed by atoms with Crippen molar-refractivity contribution in [2.75, 3.05) is 11.1 Å². The smallest absolute Gasteiger partial charge is 0.252 e. The van der Waals surface area contributed by atoms with E-state index in [4.69, 9.17) is 0 Å². The molecule has 0 saturated heterocycles. The number of amides is 1. The molecule has 1 aromatic heterocycles. The molecule has 1 atom stereocenters. The van der Waals surface area contributed by atoms with E-state index in [0.29, 0.717) is 12.2 Å². The minimum absolute atomic E-state index is 0.117. The number of rotatable bonds is 4. The van der Waals surface area contributed by atoms with Crippen LogP contribution in [0.2, 0.25) is 0 Å².